The monoisotopic (exact) mass is 347 g/mol. The van der Waals surface area contributed by atoms with Crippen LogP contribution in [-0.2, 0) is 4.79 Å². The van der Waals surface area contributed by atoms with Gasteiger partial charge in [0.2, 0.25) is 0 Å². The Morgan fingerprint density at radius 2 is 2.04 bits per heavy atom. The number of aromatic hydroxyl groups is 1. The molecule has 4 nitrogen and oxygen atoms in total. The molecular weight excluding hydrogens is 326 g/mol. The first-order valence-electron chi connectivity index (χ1n) is 8.46. The molecule has 0 saturated heterocycles. The van der Waals surface area contributed by atoms with Crippen LogP contribution >= 0.6 is 0 Å². The Hall–Kier alpha value is -3.23. The van der Waals surface area contributed by atoms with Crippen molar-refractivity contribution < 1.29 is 14.6 Å². The standard InChI is InChI=1S/C22H21NO3/c1-15(2)10-12-26-16-7-8-19(22(25)13-16)17(9-11-24)20-14-23-21-6-4-3-5-18(20)21/h3-10,13-14,17,23,25H,12H2,1-2H3. The van der Waals surface area contributed by atoms with Crippen molar-refractivity contribution in [1.29, 1.82) is 0 Å². The number of phenols is 1. The molecule has 1 atom stereocenters. The van der Waals surface area contributed by atoms with E-state index in [1.165, 1.54) is 11.6 Å². The molecule has 0 saturated carbocycles. The third-order valence-corrected chi connectivity index (χ3v) is 4.27. The average Bonchev–Trinajstić information content (AvgIpc) is 3.04. The summed E-state index contributed by atoms with van der Waals surface area (Å²) in [7, 11) is 0. The van der Waals surface area contributed by atoms with E-state index >= 15 is 0 Å². The molecule has 1 aromatic heterocycles. The molecule has 4 heteroatoms. The van der Waals surface area contributed by atoms with E-state index in [1.54, 1.807) is 18.2 Å². The van der Waals surface area contributed by atoms with Gasteiger partial charge in [0.05, 0.1) is 0 Å². The molecule has 0 amide bonds. The van der Waals surface area contributed by atoms with E-state index in [1.807, 2.05) is 56.3 Å². The summed E-state index contributed by atoms with van der Waals surface area (Å²) in [6.07, 6.45) is 5.26. The fraction of sp³-hybridized carbons (Fsp3) is 0.182. The van der Waals surface area contributed by atoms with Crippen molar-refractivity contribution in [3.63, 3.8) is 0 Å². The van der Waals surface area contributed by atoms with E-state index in [0.29, 0.717) is 17.9 Å². The second-order valence-corrected chi connectivity index (χ2v) is 6.36. The number of fused-ring (bicyclic) bond motifs is 1. The van der Waals surface area contributed by atoms with Gasteiger partial charge >= 0.3 is 0 Å². The second kappa shape index (κ2) is 7.77. The van der Waals surface area contributed by atoms with Crippen LogP contribution in [-0.4, -0.2) is 22.6 Å². The van der Waals surface area contributed by atoms with Crippen molar-refractivity contribution in [3.05, 3.63) is 77.5 Å². The highest BCUT2D eigenvalue weighted by Gasteiger charge is 2.19. The third kappa shape index (κ3) is 3.71. The van der Waals surface area contributed by atoms with Crippen LogP contribution in [0.5, 0.6) is 11.5 Å². The van der Waals surface area contributed by atoms with Crippen molar-refractivity contribution >= 4 is 16.8 Å². The molecule has 0 radical (unpaired) electrons. The summed E-state index contributed by atoms with van der Waals surface area (Å²) >= 11 is 0. The van der Waals surface area contributed by atoms with Crippen LogP contribution in [0.15, 0.2) is 66.4 Å². The topological polar surface area (TPSA) is 62.3 Å². The van der Waals surface area contributed by atoms with Crippen LogP contribution in [0.25, 0.3) is 10.9 Å². The highest BCUT2D eigenvalue weighted by Crippen LogP contribution is 2.37. The van der Waals surface area contributed by atoms with Gasteiger partial charge in [0.25, 0.3) is 0 Å². The van der Waals surface area contributed by atoms with E-state index in [-0.39, 0.29) is 5.75 Å². The molecule has 3 rings (SSSR count). The van der Waals surface area contributed by atoms with Crippen LogP contribution in [0.1, 0.15) is 30.9 Å². The predicted molar refractivity (Wildman–Crippen MR) is 103 cm³/mol. The fourth-order valence-corrected chi connectivity index (χ4v) is 2.95. The van der Waals surface area contributed by atoms with Gasteiger partial charge in [-0.15, -0.1) is 0 Å². The maximum absolute atomic E-state index is 11.1. The molecule has 26 heavy (non-hydrogen) atoms. The van der Waals surface area contributed by atoms with Crippen molar-refractivity contribution in [2.75, 3.05) is 6.61 Å². The molecule has 3 aromatic rings. The number of allylic oxidation sites excluding steroid dienone is 2. The van der Waals surface area contributed by atoms with Gasteiger partial charge in [-0.25, -0.2) is 4.79 Å². The first-order valence-corrected chi connectivity index (χ1v) is 8.46. The molecule has 0 aliphatic carbocycles. The maximum Gasteiger partial charge on any atom is 0.123 e. The summed E-state index contributed by atoms with van der Waals surface area (Å²) in [6, 6.07) is 13.0. The number of phenolic OH excluding ortho intramolecular Hbond substituents is 1. The summed E-state index contributed by atoms with van der Waals surface area (Å²) in [5, 5.41) is 11.5. The number of aromatic amines is 1. The summed E-state index contributed by atoms with van der Waals surface area (Å²) in [4.78, 5) is 14.3. The van der Waals surface area contributed by atoms with Gasteiger partial charge in [0.15, 0.2) is 0 Å². The van der Waals surface area contributed by atoms with Crippen molar-refractivity contribution in [2.45, 2.75) is 19.8 Å². The molecule has 2 N–H and O–H groups in total. The largest absolute Gasteiger partial charge is 0.507 e. The Balaban J connectivity index is 1.96. The normalized spacial score (nSPS) is 11.6. The molecule has 1 heterocycles. The highest BCUT2D eigenvalue weighted by molar-refractivity contribution is 5.85. The van der Waals surface area contributed by atoms with Crippen LogP contribution in [0.2, 0.25) is 0 Å². The zero-order valence-corrected chi connectivity index (χ0v) is 14.8. The van der Waals surface area contributed by atoms with Gasteiger partial charge in [0, 0.05) is 40.7 Å². The number of hydrogen-bond acceptors (Lipinski definition) is 3. The molecule has 132 valence electrons. The molecule has 1 unspecified atom stereocenters. The van der Waals surface area contributed by atoms with E-state index in [9.17, 15) is 9.90 Å². The lowest BCUT2D eigenvalue weighted by atomic mass is 9.90. The van der Waals surface area contributed by atoms with E-state index in [0.717, 1.165) is 16.5 Å². The van der Waals surface area contributed by atoms with Gasteiger partial charge in [0.1, 0.15) is 24.0 Å². The smallest absolute Gasteiger partial charge is 0.123 e. The molecule has 0 spiro atoms. The minimum atomic E-state index is -0.393. The number of nitrogens with one attached hydrogen (secondary N) is 1. The quantitative estimate of drug-likeness (QED) is 0.500. The van der Waals surface area contributed by atoms with Crippen LogP contribution in [0.3, 0.4) is 0 Å². The molecule has 0 fully saturated rings. The fourth-order valence-electron chi connectivity index (χ4n) is 2.95. The number of aromatic nitrogens is 1. The van der Waals surface area contributed by atoms with Crippen molar-refractivity contribution in [3.8, 4) is 11.5 Å². The first-order chi connectivity index (χ1) is 12.6. The second-order valence-electron chi connectivity index (χ2n) is 6.36. The zero-order valence-electron chi connectivity index (χ0n) is 14.8. The van der Waals surface area contributed by atoms with Crippen molar-refractivity contribution in [1.82, 2.24) is 4.98 Å². The number of hydrogen-bond donors (Lipinski definition) is 2. The van der Waals surface area contributed by atoms with Gasteiger partial charge < -0.3 is 14.8 Å². The van der Waals surface area contributed by atoms with Gasteiger partial charge in [-0.2, -0.15) is 0 Å². The van der Waals surface area contributed by atoms with Crippen molar-refractivity contribution in [2.24, 2.45) is 0 Å². The van der Waals surface area contributed by atoms with E-state index in [2.05, 4.69) is 4.98 Å². The first kappa shape index (κ1) is 17.6. The van der Waals surface area contributed by atoms with Crippen LogP contribution in [0.4, 0.5) is 0 Å². The number of benzene rings is 2. The summed E-state index contributed by atoms with van der Waals surface area (Å²) in [5.74, 6) is 2.14. The van der Waals surface area contributed by atoms with Crippen LogP contribution < -0.4 is 4.74 Å². The number of rotatable bonds is 6. The number of ether oxygens (including phenoxy) is 1. The Kier molecular flexibility index (Phi) is 5.26. The third-order valence-electron chi connectivity index (χ3n) is 4.27. The maximum atomic E-state index is 11.1. The average molecular weight is 347 g/mol. The molecule has 0 aliphatic rings. The van der Waals surface area contributed by atoms with Gasteiger partial charge in [-0.3, -0.25) is 0 Å². The molecule has 0 aliphatic heterocycles. The van der Waals surface area contributed by atoms with Gasteiger partial charge in [-0.1, -0.05) is 29.8 Å². The number of carbonyl (C=O) groups excluding carboxylic acids is 1. The zero-order chi connectivity index (χ0) is 18.5. The number of H-pyrrole nitrogens is 1. The Morgan fingerprint density at radius 3 is 2.77 bits per heavy atom. The summed E-state index contributed by atoms with van der Waals surface area (Å²) in [5.41, 5.74) is 3.69. The lowest BCUT2D eigenvalue weighted by Gasteiger charge is -2.14. The van der Waals surface area contributed by atoms with E-state index < -0.39 is 5.92 Å². The Morgan fingerprint density at radius 1 is 1.23 bits per heavy atom. The highest BCUT2D eigenvalue weighted by atomic mass is 16.5. The predicted octanol–water partition coefficient (Wildman–Crippen LogP) is 4.74. The lowest BCUT2D eigenvalue weighted by molar-refractivity contribution is 0.358. The Labute approximate surface area is 152 Å². The molecular formula is C22H21NO3. The minimum absolute atomic E-state index is 0.0847. The van der Waals surface area contributed by atoms with Gasteiger partial charge in [-0.05, 0) is 37.6 Å². The van der Waals surface area contributed by atoms with E-state index in [4.69, 9.17) is 4.74 Å². The SMILES string of the molecule is CC(C)=CCOc1ccc(C(C=C=O)c2c[nH]c3ccccc23)c(O)c1. The summed E-state index contributed by atoms with van der Waals surface area (Å²) in [6.45, 7) is 4.45. The summed E-state index contributed by atoms with van der Waals surface area (Å²) < 4.78 is 5.62. The lowest BCUT2D eigenvalue weighted by Crippen LogP contribution is -2.00. The minimum Gasteiger partial charge on any atom is -0.507 e. The molecule has 0 bridgehead atoms. The van der Waals surface area contributed by atoms with Crippen LogP contribution in [0, 0.1) is 0 Å². The molecule has 2 aromatic carbocycles. The number of para-hydroxylation sites is 1. The Bertz CT molecular complexity index is 990.